The molecule has 8 heteroatoms. The van der Waals surface area contributed by atoms with Gasteiger partial charge in [0.1, 0.15) is 0 Å². The molecule has 0 aromatic carbocycles. The fraction of sp³-hybridized carbons (Fsp3) is 0.800. The second kappa shape index (κ2) is 10.1. The number of hydrogen-bond acceptors (Lipinski definition) is 5. The van der Waals surface area contributed by atoms with E-state index in [0.29, 0.717) is 0 Å². The second-order valence-electron chi connectivity index (χ2n) is 3.87. The molecule has 4 N–H and O–H groups in total. The Morgan fingerprint density at radius 1 is 0.889 bits per heavy atom. The van der Waals surface area contributed by atoms with Crippen molar-refractivity contribution in [2.45, 2.75) is 51.7 Å². The predicted molar refractivity (Wildman–Crippen MR) is 57.8 cm³/mol. The van der Waals surface area contributed by atoms with Gasteiger partial charge in [-0.05, 0) is 26.7 Å². The van der Waals surface area contributed by atoms with Gasteiger partial charge in [0.05, 0.1) is 0 Å². The molecular weight excluding hydrogens is 284 g/mol. The number of rotatable bonds is 4. The molecule has 108 valence electrons. The zero-order chi connectivity index (χ0) is 15.6. The summed E-state index contributed by atoms with van der Waals surface area (Å²) in [4.78, 5) is 20.0. The summed E-state index contributed by atoms with van der Waals surface area (Å²) < 4.78 is 8.12. The molecule has 0 aliphatic carbocycles. The van der Waals surface area contributed by atoms with E-state index in [-0.39, 0.29) is 12.8 Å². The van der Waals surface area contributed by atoms with E-state index in [4.69, 9.17) is 24.2 Å². The molecule has 0 aromatic heterocycles. The predicted octanol–water partition coefficient (Wildman–Crippen LogP) is 0.343. The Labute approximate surface area is 114 Å². The Morgan fingerprint density at radius 3 is 1.06 bits per heavy atom. The van der Waals surface area contributed by atoms with Crippen molar-refractivity contribution in [2.24, 2.45) is 0 Å². The summed E-state index contributed by atoms with van der Waals surface area (Å²) in [5, 5.41) is 34.0. The standard InChI is InChI=1S/2C5H10O3.Cr.O/c2*1-3-5(2,8)4(6)7;;/h2*8H,3H2,1-2H3,(H,6,7);;. The Bertz CT molecular complexity index is 237. The second-order valence-corrected chi connectivity index (χ2v) is 3.87. The van der Waals surface area contributed by atoms with Gasteiger partial charge in [0.25, 0.3) is 0 Å². The van der Waals surface area contributed by atoms with Crippen molar-refractivity contribution in [3.8, 4) is 0 Å². The molecule has 0 heterocycles. The van der Waals surface area contributed by atoms with Gasteiger partial charge in [0.15, 0.2) is 11.2 Å². The molecule has 0 rings (SSSR count). The normalized spacial score (nSPS) is 15.7. The molecule has 0 aliphatic rings. The van der Waals surface area contributed by atoms with Crippen LogP contribution in [0.2, 0.25) is 0 Å². The summed E-state index contributed by atoms with van der Waals surface area (Å²) in [6.45, 7) is 5.78. The monoisotopic (exact) mass is 304 g/mol. The quantitative estimate of drug-likeness (QED) is 0.588. The molecule has 18 heavy (non-hydrogen) atoms. The van der Waals surface area contributed by atoms with Crippen LogP contribution >= 0.6 is 0 Å². The average molecular weight is 304 g/mol. The van der Waals surface area contributed by atoms with Crippen molar-refractivity contribution >= 4 is 11.9 Å². The number of carbonyl (C=O) groups is 2. The molecule has 0 aromatic rings. The molecule has 0 amide bonds. The molecule has 0 fully saturated rings. The Kier molecular flexibility index (Phi) is 12.6. The van der Waals surface area contributed by atoms with Crippen LogP contribution in [0, 0.1) is 0 Å². The minimum absolute atomic E-state index is 0.238. The summed E-state index contributed by atoms with van der Waals surface area (Å²) in [5.41, 5.74) is -3.08. The number of aliphatic hydroxyl groups is 2. The van der Waals surface area contributed by atoms with Crippen molar-refractivity contribution in [3.05, 3.63) is 0 Å². The van der Waals surface area contributed by atoms with Crippen LogP contribution in [0.1, 0.15) is 40.5 Å². The van der Waals surface area contributed by atoms with Crippen molar-refractivity contribution < 1.29 is 50.0 Å². The van der Waals surface area contributed by atoms with E-state index in [0.717, 1.165) is 0 Å². The van der Waals surface area contributed by atoms with Crippen LogP contribution < -0.4 is 0 Å². The molecule has 7 nitrogen and oxygen atoms in total. The molecule has 0 radical (unpaired) electrons. The van der Waals surface area contributed by atoms with Gasteiger partial charge >= 0.3 is 32.0 Å². The van der Waals surface area contributed by atoms with Gasteiger partial charge in [-0.15, -0.1) is 0 Å². The number of hydrogen-bond donors (Lipinski definition) is 4. The molecule has 2 unspecified atom stereocenters. The van der Waals surface area contributed by atoms with Crippen LogP contribution in [-0.2, 0) is 29.6 Å². The van der Waals surface area contributed by atoms with E-state index in [9.17, 15) is 9.59 Å². The van der Waals surface area contributed by atoms with E-state index in [1.807, 2.05) is 0 Å². The minimum atomic E-state index is -1.54. The summed E-state index contributed by atoms with van der Waals surface area (Å²) in [6.07, 6.45) is 0.477. The van der Waals surface area contributed by atoms with Crippen molar-refractivity contribution in [2.75, 3.05) is 0 Å². The molecule has 0 saturated heterocycles. The van der Waals surface area contributed by atoms with Gasteiger partial charge in [-0.2, -0.15) is 0 Å². The first-order valence-electron chi connectivity index (χ1n) is 5.09. The van der Waals surface area contributed by atoms with Crippen LogP contribution in [0.25, 0.3) is 0 Å². The van der Waals surface area contributed by atoms with Crippen LogP contribution in [0.5, 0.6) is 0 Å². The van der Waals surface area contributed by atoms with Gasteiger partial charge in [-0.3, -0.25) is 0 Å². The van der Waals surface area contributed by atoms with Crippen LogP contribution in [0.4, 0.5) is 0 Å². The van der Waals surface area contributed by atoms with Gasteiger partial charge < -0.3 is 20.4 Å². The molecule has 0 aliphatic heterocycles. The van der Waals surface area contributed by atoms with E-state index >= 15 is 0 Å². The van der Waals surface area contributed by atoms with Crippen molar-refractivity contribution in [1.82, 2.24) is 0 Å². The van der Waals surface area contributed by atoms with E-state index in [1.165, 1.54) is 30.1 Å². The first kappa shape index (κ1) is 22.4. The van der Waals surface area contributed by atoms with Gasteiger partial charge in [0, 0.05) is 0 Å². The summed E-state index contributed by atoms with van der Waals surface area (Å²) >= 11 is 1.38. The third kappa shape index (κ3) is 10.4. The maximum absolute atomic E-state index is 10.0. The summed E-state index contributed by atoms with van der Waals surface area (Å²) in [5.74, 6) is -2.33. The average Bonchev–Trinajstić information content (AvgIpc) is 2.32. The van der Waals surface area contributed by atoms with Crippen LogP contribution in [0.3, 0.4) is 0 Å². The maximum atomic E-state index is 10.0. The summed E-state index contributed by atoms with van der Waals surface area (Å²) in [7, 11) is 0. The SMILES string of the molecule is CCC(C)(O)C(=O)O.CCC(C)(O)C(=O)O.[O]=[Cr]. The zero-order valence-electron chi connectivity index (χ0n) is 10.8. The van der Waals surface area contributed by atoms with Crippen molar-refractivity contribution in [1.29, 1.82) is 0 Å². The number of carboxylic acids is 2. The van der Waals surface area contributed by atoms with Gasteiger partial charge in [-0.25, -0.2) is 9.59 Å². The summed E-state index contributed by atoms with van der Waals surface area (Å²) in [6, 6.07) is 0. The topological polar surface area (TPSA) is 132 Å². The van der Waals surface area contributed by atoms with Crippen molar-refractivity contribution in [3.63, 3.8) is 0 Å². The van der Waals surface area contributed by atoms with E-state index < -0.39 is 23.1 Å². The molecular formula is C10H20CrO7. The number of carboxylic acid groups (broad SMARTS) is 2. The fourth-order valence-corrected chi connectivity index (χ4v) is 0.302. The van der Waals surface area contributed by atoms with E-state index in [1.54, 1.807) is 13.8 Å². The van der Waals surface area contributed by atoms with Crippen LogP contribution in [0.15, 0.2) is 0 Å². The zero-order valence-corrected chi connectivity index (χ0v) is 12.1. The molecule has 0 spiro atoms. The number of aliphatic carboxylic acids is 2. The molecule has 0 bridgehead atoms. The fourth-order valence-electron chi connectivity index (χ4n) is 0.302. The Balaban J connectivity index is -0.000000219. The van der Waals surface area contributed by atoms with Gasteiger partial charge in [-0.1, -0.05) is 13.8 Å². The first-order valence-corrected chi connectivity index (χ1v) is 5.61. The van der Waals surface area contributed by atoms with Crippen LogP contribution in [-0.4, -0.2) is 43.6 Å². The third-order valence-electron chi connectivity index (χ3n) is 2.30. The Morgan fingerprint density at radius 2 is 1.06 bits per heavy atom. The molecule has 0 saturated carbocycles. The molecule has 2 atom stereocenters. The first-order chi connectivity index (χ1) is 8.01. The Hall–Kier alpha value is -0.808. The van der Waals surface area contributed by atoms with E-state index in [2.05, 4.69) is 0 Å². The third-order valence-corrected chi connectivity index (χ3v) is 2.30. The van der Waals surface area contributed by atoms with Gasteiger partial charge in [0.2, 0.25) is 0 Å².